The number of aryl methyl sites for hydroxylation is 1. The Labute approximate surface area is 125 Å². The van der Waals surface area contributed by atoms with Gasteiger partial charge < -0.3 is 5.43 Å². The summed E-state index contributed by atoms with van der Waals surface area (Å²) in [5, 5.41) is 3.39. The van der Waals surface area contributed by atoms with Crippen LogP contribution < -0.4 is 16.6 Å². The largest absolute Gasteiger partial charge is 0.323 e. The number of hydrogen-bond donors (Lipinski definition) is 3. The Hall–Kier alpha value is -2.44. The number of thiazole rings is 1. The highest BCUT2D eigenvalue weighted by atomic mass is 32.1. The third kappa shape index (κ3) is 2.72. The van der Waals surface area contributed by atoms with Gasteiger partial charge in [-0.25, -0.2) is 4.98 Å². The van der Waals surface area contributed by atoms with Gasteiger partial charge in [0.1, 0.15) is 0 Å². The number of nitrogens with two attached hydrogens (primary N) is 1. The molecule has 0 unspecified atom stereocenters. The van der Waals surface area contributed by atoms with Crippen LogP contribution in [0.2, 0.25) is 0 Å². The third-order valence-corrected chi connectivity index (χ3v) is 4.04. The number of amides is 1. The SMILES string of the molecule is Cc1ccc(C(=O)Nc2nc3ccccc3s2)c(NN)c1. The van der Waals surface area contributed by atoms with Crippen molar-refractivity contribution in [3.63, 3.8) is 0 Å². The van der Waals surface area contributed by atoms with Crippen molar-refractivity contribution in [2.75, 3.05) is 10.7 Å². The van der Waals surface area contributed by atoms with Gasteiger partial charge in [0.25, 0.3) is 5.91 Å². The number of aromatic nitrogens is 1. The molecule has 0 bridgehead atoms. The van der Waals surface area contributed by atoms with E-state index in [4.69, 9.17) is 5.84 Å². The van der Waals surface area contributed by atoms with Gasteiger partial charge in [-0.3, -0.25) is 16.0 Å². The van der Waals surface area contributed by atoms with Crippen molar-refractivity contribution in [1.82, 2.24) is 4.98 Å². The van der Waals surface area contributed by atoms with Gasteiger partial charge in [-0.15, -0.1) is 0 Å². The van der Waals surface area contributed by atoms with Gasteiger partial charge in [0.2, 0.25) is 0 Å². The summed E-state index contributed by atoms with van der Waals surface area (Å²) in [5.74, 6) is 5.23. The van der Waals surface area contributed by atoms with E-state index in [9.17, 15) is 4.79 Å². The molecule has 0 atom stereocenters. The number of nitrogen functional groups attached to an aromatic ring is 1. The summed E-state index contributed by atoms with van der Waals surface area (Å²) in [6.45, 7) is 1.94. The fraction of sp³-hybridized carbons (Fsp3) is 0.0667. The zero-order valence-corrected chi connectivity index (χ0v) is 12.2. The number of rotatable bonds is 3. The number of para-hydroxylation sites is 1. The first kappa shape index (κ1) is 13.5. The van der Waals surface area contributed by atoms with Crippen molar-refractivity contribution < 1.29 is 4.79 Å². The molecule has 106 valence electrons. The smallest absolute Gasteiger partial charge is 0.259 e. The maximum absolute atomic E-state index is 12.3. The molecule has 3 aromatic rings. The predicted octanol–water partition coefficient (Wildman–Crippen LogP) is 3.14. The zero-order chi connectivity index (χ0) is 14.8. The minimum atomic E-state index is -0.234. The molecule has 0 aliphatic carbocycles. The number of hydrogen-bond acceptors (Lipinski definition) is 5. The Balaban J connectivity index is 1.89. The van der Waals surface area contributed by atoms with Crippen LogP contribution in [0.4, 0.5) is 10.8 Å². The maximum atomic E-state index is 12.3. The van der Waals surface area contributed by atoms with Gasteiger partial charge in [-0.05, 0) is 36.8 Å². The highest BCUT2D eigenvalue weighted by Crippen LogP contribution is 2.26. The number of nitrogens with zero attached hydrogens (tertiary/aromatic N) is 1. The number of benzene rings is 2. The molecule has 3 rings (SSSR count). The second-order valence-corrected chi connectivity index (χ2v) is 5.66. The molecule has 0 aliphatic rings. The molecule has 4 N–H and O–H groups in total. The van der Waals surface area contributed by atoms with E-state index in [-0.39, 0.29) is 5.91 Å². The van der Waals surface area contributed by atoms with Crippen LogP contribution >= 0.6 is 11.3 Å². The van der Waals surface area contributed by atoms with Crippen molar-refractivity contribution >= 4 is 38.3 Å². The average Bonchev–Trinajstić information content (AvgIpc) is 2.88. The van der Waals surface area contributed by atoms with Crippen molar-refractivity contribution in [3.05, 3.63) is 53.6 Å². The van der Waals surface area contributed by atoms with Gasteiger partial charge in [0.05, 0.1) is 21.5 Å². The lowest BCUT2D eigenvalue weighted by molar-refractivity contribution is 0.102. The lowest BCUT2D eigenvalue weighted by atomic mass is 10.1. The minimum Gasteiger partial charge on any atom is -0.323 e. The number of hydrazine groups is 1. The lowest BCUT2D eigenvalue weighted by Gasteiger charge is -2.09. The summed E-state index contributed by atoms with van der Waals surface area (Å²) in [5.41, 5.74) is 5.53. The van der Waals surface area contributed by atoms with E-state index < -0.39 is 0 Å². The van der Waals surface area contributed by atoms with Crippen LogP contribution in [0.3, 0.4) is 0 Å². The van der Waals surface area contributed by atoms with E-state index >= 15 is 0 Å². The Morgan fingerprint density at radius 3 is 2.81 bits per heavy atom. The van der Waals surface area contributed by atoms with E-state index in [1.54, 1.807) is 6.07 Å². The lowest BCUT2D eigenvalue weighted by Crippen LogP contribution is -2.17. The molecule has 1 amide bonds. The van der Waals surface area contributed by atoms with E-state index in [2.05, 4.69) is 15.7 Å². The van der Waals surface area contributed by atoms with Crippen LogP contribution in [-0.4, -0.2) is 10.9 Å². The highest BCUT2D eigenvalue weighted by Gasteiger charge is 2.13. The molecule has 5 nitrogen and oxygen atoms in total. The molecule has 0 saturated heterocycles. The molecule has 0 radical (unpaired) electrons. The molecule has 21 heavy (non-hydrogen) atoms. The topological polar surface area (TPSA) is 80.0 Å². The third-order valence-electron chi connectivity index (χ3n) is 3.09. The number of carbonyl (C=O) groups excluding carboxylic acids is 1. The number of carbonyl (C=O) groups is 1. The van der Waals surface area contributed by atoms with E-state index in [1.807, 2.05) is 43.3 Å². The second-order valence-electron chi connectivity index (χ2n) is 4.63. The summed E-state index contributed by atoms with van der Waals surface area (Å²) in [4.78, 5) is 16.7. The van der Waals surface area contributed by atoms with Crippen LogP contribution in [0, 0.1) is 6.92 Å². The molecule has 1 aromatic heterocycles. The minimum absolute atomic E-state index is 0.234. The molecule has 0 saturated carbocycles. The van der Waals surface area contributed by atoms with Crippen LogP contribution in [-0.2, 0) is 0 Å². The Morgan fingerprint density at radius 2 is 2.05 bits per heavy atom. The molecule has 6 heteroatoms. The maximum Gasteiger partial charge on any atom is 0.259 e. The highest BCUT2D eigenvalue weighted by molar-refractivity contribution is 7.22. The summed E-state index contributed by atoms with van der Waals surface area (Å²) in [6, 6.07) is 13.2. The van der Waals surface area contributed by atoms with Gasteiger partial charge in [0.15, 0.2) is 5.13 Å². The van der Waals surface area contributed by atoms with Crippen molar-refractivity contribution in [2.45, 2.75) is 6.92 Å². The van der Waals surface area contributed by atoms with E-state index in [0.717, 1.165) is 15.8 Å². The predicted molar refractivity (Wildman–Crippen MR) is 86.6 cm³/mol. The molecular weight excluding hydrogens is 284 g/mol. The molecule has 0 spiro atoms. The van der Waals surface area contributed by atoms with Crippen LogP contribution in [0.25, 0.3) is 10.2 Å². The normalized spacial score (nSPS) is 10.6. The summed E-state index contributed by atoms with van der Waals surface area (Å²) in [6.07, 6.45) is 0. The Kier molecular flexibility index (Phi) is 3.55. The first-order valence-electron chi connectivity index (χ1n) is 6.41. The second kappa shape index (κ2) is 5.51. The summed E-state index contributed by atoms with van der Waals surface area (Å²) in [7, 11) is 0. The molecular formula is C15H14N4OS. The average molecular weight is 298 g/mol. The van der Waals surface area contributed by atoms with Crippen molar-refractivity contribution in [2.24, 2.45) is 5.84 Å². The quantitative estimate of drug-likeness (QED) is 0.512. The van der Waals surface area contributed by atoms with Crippen LogP contribution in [0.15, 0.2) is 42.5 Å². The number of anilines is 2. The standard InChI is InChI=1S/C15H14N4OS/c1-9-6-7-10(12(8-9)19-16)14(20)18-15-17-11-4-2-3-5-13(11)21-15/h2-8,19H,16H2,1H3,(H,17,18,20). The Morgan fingerprint density at radius 1 is 1.24 bits per heavy atom. The Bertz CT molecular complexity index is 779. The molecule has 0 aliphatic heterocycles. The van der Waals surface area contributed by atoms with E-state index in [1.165, 1.54) is 11.3 Å². The first-order valence-corrected chi connectivity index (χ1v) is 7.23. The monoisotopic (exact) mass is 298 g/mol. The molecule has 2 aromatic carbocycles. The van der Waals surface area contributed by atoms with Gasteiger partial charge >= 0.3 is 0 Å². The summed E-state index contributed by atoms with van der Waals surface area (Å²) >= 11 is 1.44. The van der Waals surface area contributed by atoms with Gasteiger partial charge in [0, 0.05) is 0 Å². The zero-order valence-electron chi connectivity index (χ0n) is 11.4. The van der Waals surface area contributed by atoms with Crippen LogP contribution in [0.1, 0.15) is 15.9 Å². The fourth-order valence-electron chi connectivity index (χ4n) is 2.07. The van der Waals surface area contributed by atoms with Crippen molar-refractivity contribution in [3.8, 4) is 0 Å². The van der Waals surface area contributed by atoms with Gasteiger partial charge in [-0.2, -0.15) is 0 Å². The first-order chi connectivity index (χ1) is 10.2. The fourth-order valence-corrected chi connectivity index (χ4v) is 2.93. The van der Waals surface area contributed by atoms with E-state index in [0.29, 0.717) is 16.4 Å². The molecule has 0 fully saturated rings. The van der Waals surface area contributed by atoms with Crippen LogP contribution in [0.5, 0.6) is 0 Å². The van der Waals surface area contributed by atoms with Gasteiger partial charge in [-0.1, -0.05) is 29.5 Å². The van der Waals surface area contributed by atoms with Crippen molar-refractivity contribution in [1.29, 1.82) is 0 Å². The number of nitrogens with one attached hydrogen (secondary N) is 2. The molecule has 1 heterocycles. The summed E-state index contributed by atoms with van der Waals surface area (Å²) < 4.78 is 1.04. The number of fused-ring (bicyclic) bond motifs is 1.